The maximum Gasteiger partial charge on any atom is 0.272 e. The van der Waals surface area contributed by atoms with Gasteiger partial charge in [-0.2, -0.15) is 5.10 Å². The first-order valence-corrected chi connectivity index (χ1v) is 9.69. The van der Waals surface area contributed by atoms with E-state index in [9.17, 15) is 4.79 Å². The third-order valence-corrected chi connectivity index (χ3v) is 4.61. The molecule has 0 aliphatic carbocycles. The first-order valence-electron chi connectivity index (χ1n) is 9.69. The Morgan fingerprint density at radius 2 is 1.77 bits per heavy atom. The molecule has 1 amide bonds. The minimum absolute atomic E-state index is 0.217. The minimum atomic E-state index is -0.305. The standard InChI is InChI=1S/C26H19N3O2/c1-2-16-31-21-14-12-19(13-15-21)18-27-29-26(30)23-17-25(20-8-4-3-5-9-20)28-24-11-7-6-10-22(23)24/h1,3-15,17-18H,16H2,(H,29,30)/b27-18+. The first kappa shape index (κ1) is 19.9. The smallest absolute Gasteiger partial charge is 0.272 e. The van der Waals surface area contributed by atoms with E-state index in [4.69, 9.17) is 16.1 Å². The first-order chi connectivity index (χ1) is 15.2. The Balaban J connectivity index is 1.56. The fourth-order valence-corrected chi connectivity index (χ4v) is 3.12. The Morgan fingerprint density at radius 3 is 2.55 bits per heavy atom. The average molecular weight is 405 g/mol. The van der Waals surface area contributed by atoms with Crippen molar-refractivity contribution in [1.29, 1.82) is 0 Å². The Kier molecular flexibility index (Phi) is 6.01. The number of nitrogens with zero attached hydrogens (tertiary/aromatic N) is 2. The number of benzene rings is 3. The number of fused-ring (bicyclic) bond motifs is 1. The van der Waals surface area contributed by atoms with Gasteiger partial charge in [-0.15, -0.1) is 6.42 Å². The minimum Gasteiger partial charge on any atom is -0.481 e. The van der Waals surface area contributed by atoms with Gasteiger partial charge >= 0.3 is 0 Å². The van der Waals surface area contributed by atoms with Gasteiger partial charge in [0, 0.05) is 10.9 Å². The number of ether oxygens (including phenoxy) is 1. The van der Waals surface area contributed by atoms with Crippen molar-refractivity contribution in [1.82, 2.24) is 10.4 Å². The molecule has 0 spiro atoms. The number of amides is 1. The number of hydrazone groups is 1. The van der Waals surface area contributed by atoms with Gasteiger partial charge in [0.1, 0.15) is 12.4 Å². The molecule has 0 aliphatic heterocycles. The molecule has 0 atom stereocenters. The van der Waals surface area contributed by atoms with E-state index in [-0.39, 0.29) is 12.5 Å². The molecular formula is C26H19N3O2. The number of carbonyl (C=O) groups is 1. The number of aromatic nitrogens is 1. The van der Waals surface area contributed by atoms with Crippen LogP contribution >= 0.6 is 0 Å². The van der Waals surface area contributed by atoms with Gasteiger partial charge in [0.25, 0.3) is 5.91 Å². The molecule has 0 aliphatic rings. The molecule has 0 saturated heterocycles. The predicted octanol–water partition coefficient (Wildman–Crippen LogP) is 4.68. The number of hydrogen-bond donors (Lipinski definition) is 1. The number of nitrogens with one attached hydrogen (secondary N) is 1. The van der Waals surface area contributed by atoms with E-state index in [0.717, 1.165) is 27.7 Å². The van der Waals surface area contributed by atoms with Crippen molar-refractivity contribution in [2.45, 2.75) is 0 Å². The van der Waals surface area contributed by atoms with Crippen LogP contribution in [0.15, 0.2) is 90.0 Å². The van der Waals surface area contributed by atoms with Crippen LogP contribution in [0.1, 0.15) is 15.9 Å². The zero-order valence-corrected chi connectivity index (χ0v) is 16.7. The van der Waals surface area contributed by atoms with Crippen molar-refractivity contribution in [3.8, 4) is 29.4 Å². The summed E-state index contributed by atoms with van der Waals surface area (Å²) in [6.07, 6.45) is 6.76. The summed E-state index contributed by atoms with van der Waals surface area (Å²) < 4.78 is 5.34. The zero-order valence-electron chi connectivity index (χ0n) is 16.7. The van der Waals surface area contributed by atoms with E-state index in [1.54, 1.807) is 24.4 Å². The topological polar surface area (TPSA) is 63.6 Å². The molecule has 0 saturated carbocycles. The van der Waals surface area contributed by atoms with Crippen LogP contribution in [0.2, 0.25) is 0 Å². The summed E-state index contributed by atoms with van der Waals surface area (Å²) in [5, 5.41) is 4.87. The van der Waals surface area contributed by atoms with Crippen LogP contribution in [0.5, 0.6) is 5.75 Å². The molecule has 150 valence electrons. The number of pyridine rings is 1. The van der Waals surface area contributed by atoms with E-state index in [0.29, 0.717) is 11.3 Å². The van der Waals surface area contributed by atoms with Crippen LogP contribution in [0.4, 0.5) is 0 Å². The molecule has 5 heteroatoms. The highest BCUT2D eigenvalue weighted by Crippen LogP contribution is 2.24. The van der Waals surface area contributed by atoms with Gasteiger partial charge < -0.3 is 4.74 Å². The summed E-state index contributed by atoms with van der Waals surface area (Å²) in [7, 11) is 0. The highest BCUT2D eigenvalue weighted by Gasteiger charge is 2.13. The lowest BCUT2D eigenvalue weighted by atomic mass is 10.0. The van der Waals surface area contributed by atoms with Crippen molar-refractivity contribution in [2.75, 3.05) is 6.61 Å². The van der Waals surface area contributed by atoms with Gasteiger partial charge in [0.2, 0.25) is 0 Å². The van der Waals surface area contributed by atoms with E-state index in [2.05, 4.69) is 16.4 Å². The van der Waals surface area contributed by atoms with Gasteiger partial charge in [-0.05, 0) is 42.0 Å². The van der Waals surface area contributed by atoms with E-state index in [1.165, 1.54) is 0 Å². The van der Waals surface area contributed by atoms with Crippen molar-refractivity contribution in [3.63, 3.8) is 0 Å². The lowest BCUT2D eigenvalue weighted by Crippen LogP contribution is -2.18. The average Bonchev–Trinajstić information content (AvgIpc) is 2.83. The number of hydrogen-bond acceptors (Lipinski definition) is 4. The van der Waals surface area contributed by atoms with Crippen molar-refractivity contribution >= 4 is 23.0 Å². The van der Waals surface area contributed by atoms with E-state index < -0.39 is 0 Å². The summed E-state index contributed by atoms with van der Waals surface area (Å²) in [6.45, 7) is 0.217. The van der Waals surface area contributed by atoms with Crippen LogP contribution in [0.25, 0.3) is 22.2 Å². The van der Waals surface area contributed by atoms with Crippen LogP contribution in [-0.2, 0) is 0 Å². The fraction of sp³-hybridized carbons (Fsp3) is 0.0385. The highest BCUT2D eigenvalue weighted by molar-refractivity contribution is 6.07. The summed E-state index contributed by atoms with van der Waals surface area (Å²) in [6, 6.07) is 26.4. The van der Waals surface area contributed by atoms with E-state index in [1.807, 2.05) is 66.7 Å². The van der Waals surface area contributed by atoms with Gasteiger partial charge in [-0.25, -0.2) is 10.4 Å². The maximum atomic E-state index is 12.9. The van der Waals surface area contributed by atoms with Crippen molar-refractivity contribution in [3.05, 3.63) is 96.1 Å². The van der Waals surface area contributed by atoms with Crippen LogP contribution in [0.3, 0.4) is 0 Å². The largest absolute Gasteiger partial charge is 0.481 e. The Hall–Kier alpha value is -4.43. The number of rotatable bonds is 6. The summed E-state index contributed by atoms with van der Waals surface area (Å²) in [4.78, 5) is 17.6. The lowest BCUT2D eigenvalue weighted by molar-refractivity contribution is 0.0956. The molecule has 1 heterocycles. The monoisotopic (exact) mass is 405 g/mol. The zero-order chi connectivity index (χ0) is 21.5. The van der Waals surface area contributed by atoms with Crippen molar-refractivity contribution < 1.29 is 9.53 Å². The maximum absolute atomic E-state index is 12.9. The summed E-state index contributed by atoms with van der Waals surface area (Å²) in [5.74, 6) is 2.79. The SMILES string of the molecule is C#CCOc1ccc(/C=N/NC(=O)c2cc(-c3ccccc3)nc3ccccc23)cc1. The van der Waals surface area contributed by atoms with Crippen LogP contribution in [0, 0.1) is 12.3 Å². The van der Waals surface area contributed by atoms with Gasteiger partial charge in [-0.1, -0.05) is 54.5 Å². The van der Waals surface area contributed by atoms with E-state index >= 15 is 0 Å². The number of terminal acetylenes is 1. The molecule has 1 aromatic heterocycles. The third-order valence-electron chi connectivity index (χ3n) is 4.61. The molecule has 1 N–H and O–H groups in total. The normalized spacial score (nSPS) is 10.7. The quantitative estimate of drug-likeness (QED) is 0.288. The summed E-state index contributed by atoms with van der Waals surface area (Å²) >= 11 is 0. The molecular weight excluding hydrogens is 386 g/mol. The Labute approximate surface area is 180 Å². The lowest BCUT2D eigenvalue weighted by Gasteiger charge is -2.09. The van der Waals surface area contributed by atoms with Crippen LogP contribution < -0.4 is 10.2 Å². The third kappa shape index (κ3) is 4.77. The second-order valence-corrected chi connectivity index (χ2v) is 6.70. The second kappa shape index (κ2) is 9.38. The molecule has 4 aromatic rings. The number of carbonyl (C=O) groups excluding carboxylic acids is 1. The Bertz CT molecular complexity index is 1270. The molecule has 0 radical (unpaired) electrons. The predicted molar refractivity (Wildman–Crippen MR) is 123 cm³/mol. The Morgan fingerprint density at radius 1 is 1.03 bits per heavy atom. The molecule has 0 fully saturated rings. The highest BCUT2D eigenvalue weighted by atomic mass is 16.5. The molecule has 0 unspecified atom stereocenters. The molecule has 0 bridgehead atoms. The molecule has 5 nitrogen and oxygen atoms in total. The summed E-state index contributed by atoms with van der Waals surface area (Å²) in [5.41, 5.74) is 6.37. The second-order valence-electron chi connectivity index (χ2n) is 6.70. The fourth-order valence-electron chi connectivity index (χ4n) is 3.12. The van der Waals surface area contributed by atoms with Gasteiger partial charge in [-0.3, -0.25) is 4.79 Å². The van der Waals surface area contributed by atoms with Crippen molar-refractivity contribution in [2.24, 2.45) is 5.10 Å². The molecule has 3 aromatic carbocycles. The van der Waals surface area contributed by atoms with Gasteiger partial charge in [0.05, 0.1) is 23.0 Å². The van der Waals surface area contributed by atoms with Gasteiger partial charge in [0.15, 0.2) is 0 Å². The number of para-hydroxylation sites is 1. The molecule has 4 rings (SSSR count). The van der Waals surface area contributed by atoms with Crippen LogP contribution in [-0.4, -0.2) is 23.7 Å². The molecule has 31 heavy (non-hydrogen) atoms.